The molecule has 0 bridgehead atoms. The molecule has 0 radical (unpaired) electrons. The van der Waals surface area contributed by atoms with Gasteiger partial charge in [0.05, 0.1) is 0 Å². The third-order valence-electron chi connectivity index (χ3n) is 5.14. The van der Waals surface area contributed by atoms with E-state index in [2.05, 4.69) is 19.2 Å². The fraction of sp³-hybridized carbons (Fsp3) is 0.417. The Hall–Kier alpha value is -3.02. The number of para-hydroxylation sites is 1. The fourth-order valence-electron chi connectivity index (χ4n) is 3.35. The lowest BCUT2D eigenvalue weighted by Crippen LogP contribution is -2.25. The zero-order valence-corrected chi connectivity index (χ0v) is 18.0. The third kappa shape index (κ3) is 5.53. The number of rotatable bonds is 8. The highest BCUT2D eigenvalue weighted by atomic mass is 16.6. The molecule has 0 saturated carbocycles. The van der Waals surface area contributed by atoms with Crippen LogP contribution in [0.3, 0.4) is 0 Å². The summed E-state index contributed by atoms with van der Waals surface area (Å²) in [6.45, 7) is 7.63. The largest absolute Gasteiger partial charge is 0.483 e. The number of nitrogens with one attached hydrogen (secondary N) is 1. The zero-order chi connectivity index (χ0) is 21.7. The van der Waals surface area contributed by atoms with E-state index in [1.807, 2.05) is 50.2 Å². The zero-order valence-electron chi connectivity index (χ0n) is 18.0. The van der Waals surface area contributed by atoms with Gasteiger partial charge in [-0.15, -0.1) is 0 Å². The Bertz CT molecular complexity index is 904. The molecule has 1 atom stereocenters. The second-order valence-electron chi connectivity index (χ2n) is 8.21. The quantitative estimate of drug-likeness (QED) is 0.649. The summed E-state index contributed by atoms with van der Waals surface area (Å²) in [5.74, 6) is 0.616. The fourth-order valence-corrected chi connectivity index (χ4v) is 3.35. The molecule has 0 saturated heterocycles. The smallest absolute Gasteiger partial charge is 0.344 e. The Kier molecular flexibility index (Phi) is 6.65. The van der Waals surface area contributed by atoms with Crippen molar-refractivity contribution in [2.45, 2.75) is 52.1 Å². The van der Waals surface area contributed by atoms with Gasteiger partial charge < -0.3 is 19.5 Å². The molecule has 2 aromatic carbocycles. The molecule has 0 spiro atoms. The van der Waals surface area contributed by atoms with Gasteiger partial charge in [-0.05, 0) is 49.9 Å². The first kappa shape index (κ1) is 21.7. The Morgan fingerprint density at radius 1 is 1.13 bits per heavy atom. The molecule has 0 aliphatic carbocycles. The molecule has 160 valence electrons. The molecule has 1 aliphatic heterocycles. The predicted octanol–water partition coefficient (Wildman–Crippen LogP) is 4.47. The van der Waals surface area contributed by atoms with Crippen LogP contribution in [0.2, 0.25) is 0 Å². The van der Waals surface area contributed by atoms with Crippen LogP contribution in [0.1, 0.15) is 51.2 Å². The first-order chi connectivity index (χ1) is 14.3. The first-order valence-corrected chi connectivity index (χ1v) is 10.3. The maximum atomic E-state index is 12.0. The van der Waals surface area contributed by atoms with Gasteiger partial charge in [0.1, 0.15) is 5.60 Å². The van der Waals surface area contributed by atoms with Crippen LogP contribution in [0, 0.1) is 0 Å². The highest BCUT2D eigenvalue weighted by Gasteiger charge is 2.32. The van der Waals surface area contributed by atoms with Crippen molar-refractivity contribution in [1.29, 1.82) is 0 Å². The minimum absolute atomic E-state index is 0.295. The van der Waals surface area contributed by atoms with E-state index in [-0.39, 0.29) is 18.8 Å². The molecule has 6 heteroatoms. The third-order valence-corrected chi connectivity index (χ3v) is 5.14. The van der Waals surface area contributed by atoms with E-state index < -0.39 is 11.9 Å². The number of carbonyl (C=O) groups is 2. The van der Waals surface area contributed by atoms with Gasteiger partial charge in [0, 0.05) is 17.7 Å². The van der Waals surface area contributed by atoms with Gasteiger partial charge in [-0.2, -0.15) is 0 Å². The lowest BCUT2D eigenvalue weighted by atomic mass is 9.99. The topological polar surface area (TPSA) is 73.9 Å². The van der Waals surface area contributed by atoms with Crippen molar-refractivity contribution in [2.75, 3.05) is 18.5 Å². The summed E-state index contributed by atoms with van der Waals surface area (Å²) in [5, 5.41) is 2.72. The van der Waals surface area contributed by atoms with Crippen LogP contribution in [0.5, 0.6) is 11.5 Å². The summed E-state index contributed by atoms with van der Waals surface area (Å²) in [5.41, 5.74) is 2.63. The number of amides is 1. The lowest BCUT2D eigenvalue weighted by molar-refractivity contribution is -0.149. The van der Waals surface area contributed by atoms with Gasteiger partial charge in [0.15, 0.2) is 24.7 Å². The minimum atomic E-state index is -0.618. The van der Waals surface area contributed by atoms with Gasteiger partial charge in [-0.25, -0.2) is 4.79 Å². The standard InChI is InChI=1S/C24H29NO5/c1-5-16(2)17-9-11-19(12-10-17)25-21(26)14-29-22(27)15-28-20-8-6-7-18-13-24(3,4)30-23(18)20/h6-12,16H,5,13-15H2,1-4H3,(H,25,26)/t16-/m0/s1. The van der Waals surface area contributed by atoms with E-state index in [0.717, 1.165) is 18.4 Å². The van der Waals surface area contributed by atoms with E-state index in [1.165, 1.54) is 5.56 Å². The van der Waals surface area contributed by atoms with Crippen LogP contribution in [0.15, 0.2) is 42.5 Å². The molecule has 1 amide bonds. The van der Waals surface area contributed by atoms with Crippen LogP contribution in [-0.2, 0) is 20.7 Å². The van der Waals surface area contributed by atoms with Gasteiger partial charge >= 0.3 is 5.97 Å². The Morgan fingerprint density at radius 2 is 1.87 bits per heavy atom. The average molecular weight is 411 g/mol. The van der Waals surface area contributed by atoms with Crippen molar-refractivity contribution in [3.05, 3.63) is 53.6 Å². The molecule has 1 heterocycles. The van der Waals surface area contributed by atoms with E-state index in [1.54, 1.807) is 6.07 Å². The van der Waals surface area contributed by atoms with Crippen molar-refractivity contribution in [2.24, 2.45) is 0 Å². The molecular weight excluding hydrogens is 382 g/mol. The van der Waals surface area contributed by atoms with Gasteiger partial charge in [-0.3, -0.25) is 4.79 Å². The van der Waals surface area contributed by atoms with Crippen molar-refractivity contribution < 1.29 is 23.8 Å². The maximum Gasteiger partial charge on any atom is 0.344 e. The highest BCUT2D eigenvalue weighted by Crippen LogP contribution is 2.41. The van der Waals surface area contributed by atoms with Crippen LogP contribution in [0.4, 0.5) is 5.69 Å². The number of hydrogen-bond donors (Lipinski definition) is 1. The number of ether oxygens (including phenoxy) is 3. The molecule has 30 heavy (non-hydrogen) atoms. The number of fused-ring (bicyclic) bond motifs is 1. The van der Waals surface area contributed by atoms with Crippen LogP contribution < -0.4 is 14.8 Å². The van der Waals surface area contributed by atoms with Crippen LogP contribution in [0.25, 0.3) is 0 Å². The number of esters is 1. The van der Waals surface area contributed by atoms with Gasteiger partial charge in [-0.1, -0.05) is 38.1 Å². The molecule has 0 fully saturated rings. The number of anilines is 1. The number of benzene rings is 2. The molecule has 3 rings (SSSR count). The molecule has 1 N–H and O–H groups in total. The summed E-state index contributed by atoms with van der Waals surface area (Å²) in [4.78, 5) is 24.0. The molecular formula is C24H29NO5. The highest BCUT2D eigenvalue weighted by molar-refractivity contribution is 5.92. The van der Waals surface area contributed by atoms with E-state index in [0.29, 0.717) is 23.1 Å². The van der Waals surface area contributed by atoms with Crippen molar-refractivity contribution in [3.63, 3.8) is 0 Å². The Labute approximate surface area is 177 Å². The summed E-state index contributed by atoms with van der Waals surface area (Å²) >= 11 is 0. The number of hydrogen-bond acceptors (Lipinski definition) is 5. The van der Waals surface area contributed by atoms with Crippen LogP contribution in [-0.4, -0.2) is 30.7 Å². The van der Waals surface area contributed by atoms with Gasteiger partial charge in [0.25, 0.3) is 5.91 Å². The van der Waals surface area contributed by atoms with Gasteiger partial charge in [0.2, 0.25) is 0 Å². The summed E-state index contributed by atoms with van der Waals surface area (Å²) in [6.07, 6.45) is 1.84. The molecule has 6 nitrogen and oxygen atoms in total. The minimum Gasteiger partial charge on any atom is -0.483 e. The van der Waals surface area contributed by atoms with Crippen molar-refractivity contribution >= 4 is 17.6 Å². The maximum absolute atomic E-state index is 12.0. The summed E-state index contributed by atoms with van der Waals surface area (Å²) < 4.78 is 16.5. The monoisotopic (exact) mass is 411 g/mol. The second kappa shape index (κ2) is 9.20. The number of carbonyl (C=O) groups excluding carboxylic acids is 2. The van der Waals surface area contributed by atoms with Crippen LogP contribution >= 0.6 is 0 Å². The van der Waals surface area contributed by atoms with E-state index >= 15 is 0 Å². The summed E-state index contributed by atoms with van der Waals surface area (Å²) in [7, 11) is 0. The summed E-state index contributed by atoms with van der Waals surface area (Å²) in [6, 6.07) is 13.3. The Morgan fingerprint density at radius 3 is 2.57 bits per heavy atom. The van der Waals surface area contributed by atoms with Crippen molar-refractivity contribution in [3.8, 4) is 11.5 Å². The Balaban J connectivity index is 1.44. The molecule has 0 unspecified atom stereocenters. The molecule has 1 aliphatic rings. The average Bonchev–Trinajstić information content (AvgIpc) is 3.05. The normalized spacial score (nSPS) is 14.9. The molecule has 0 aromatic heterocycles. The SMILES string of the molecule is CC[C@H](C)c1ccc(NC(=O)COC(=O)COc2cccc3c2OC(C)(C)C3)cc1. The first-order valence-electron chi connectivity index (χ1n) is 10.3. The van der Waals surface area contributed by atoms with Crippen molar-refractivity contribution in [1.82, 2.24) is 0 Å². The predicted molar refractivity (Wildman–Crippen MR) is 115 cm³/mol. The molecule has 2 aromatic rings. The lowest BCUT2D eigenvalue weighted by Gasteiger charge is -2.18. The van der Waals surface area contributed by atoms with E-state index in [4.69, 9.17) is 14.2 Å². The van der Waals surface area contributed by atoms with E-state index in [9.17, 15) is 9.59 Å². The second-order valence-corrected chi connectivity index (χ2v) is 8.21.